The number of rotatable bonds is 10. The van der Waals surface area contributed by atoms with Crippen LogP contribution in [0.2, 0.25) is 0 Å². The molecular weight excluding hydrogens is 248 g/mol. The summed E-state index contributed by atoms with van der Waals surface area (Å²) in [5, 5.41) is 3.45. The van der Waals surface area contributed by atoms with Crippen molar-refractivity contribution in [3.05, 3.63) is 23.7 Å². The maximum absolute atomic E-state index is 5.69. The average Bonchev–Trinajstić information content (AvgIpc) is 2.85. The van der Waals surface area contributed by atoms with E-state index in [-0.39, 0.29) is 0 Å². The lowest BCUT2D eigenvalue weighted by Crippen LogP contribution is -2.27. The maximum Gasteiger partial charge on any atom is 0.118 e. The van der Waals surface area contributed by atoms with Crippen molar-refractivity contribution in [3.63, 3.8) is 0 Å². The lowest BCUT2D eigenvalue weighted by Gasteiger charge is -2.22. The third-order valence-corrected chi connectivity index (χ3v) is 3.68. The summed E-state index contributed by atoms with van der Waals surface area (Å²) in [5.41, 5.74) is 1.25. The molecule has 0 aromatic carbocycles. The van der Waals surface area contributed by atoms with Gasteiger partial charge in [0.05, 0.1) is 12.8 Å². The van der Waals surface area contributed by atoms with E-state index >= 15 is 0 Å². The van der Waals surface area contributed by atoms with Gasteiger partial charge in [0.15, 0.2) is 0 Å². The zero-order valence-electron chi connectivity index (χ0n) is 13.9. The molecule has 20 heavy (non-hydrogen) atoms. The summed E-state index contributed by atoms with van der Waals surface area (Å²) in [6.45, 7) is 16.3. The predicted molar refractivity (Wildman–Crippen MR) is 85.7 cm³/mol. The Morgan fingerprint density at radius 1 is 1.25 bits per heavy atom. The van der Waals surface area contributed by atoms with E-state index in [1.165, 1.54) is 12.0 Å². The standard InChI is InChI=1S/C17H32N2O/c1-6-15(5)11-19(7-2)12-17-8-16(13-20-17)10-18-9-14(3)4/h8,13-15,18H,6-7,9-12H2,1-5H3. The minimum absolute atomic E-state index is 0.687. The van der Waals surface area contributed by atoms with Crippen molar-refractivity contribution < 1.29 is 4.42 Å². The third kappa shape index (κ3) is 6.58. The Labute approximate surface area is 124 Å². The first-order chi connectivity index (χ1) is 9.55. The number of furan rings is 1. The van der Waals surface area contributed by atoms with Crippen molar-refractivity contribution in [1.82, 2.24) is 10.2 Å². The molecule has 1 unspecified atom stereocenters. The highest BCUT2D eigenvalue weighted by molar-refractivity contribution is 5.12. The summed E-state index contributed by atoms with van der Waals surface area (Å²) >= 11 is 0. The number of nitrogens with zero attached hydrogens (tertiary/aromatic N) is 1. The van der Waals surface area contributed by atoms with Crippen molar-refractivity contribution in [2.24, 2.45) is 11.8 Å². The molecular formula is C17H32N2O. The smallest absolute Gasteiger partial charge is 0.118 e. The van der Waals surface area contributed by atoms with Gasteiger partial charge in [-0.3, -0.25) is 4.90 Å². The van der Waals surface area contributed by atoms with E-state index in [0.29, 0.717) is 5.92 Å². The number of nitrogens with one attached hydrogen (secondary N) is 1. The van der Waals surface area contributed by atoms with Gasteiger partial charge in [-0.05, 0) is 31.0 Å². The fraction of sp³-hybridized carbons (Fsp3) is 0.765. The fourth-order valence-electron chi connectivity index (χ4n) is 2.20. The van der Waals surface area contributed by atoms with Crippen LogP contribution >= 0.6 is 0 Å². The molecule has 0 spiro atoms. The van der Waals surface area contributed by atoms with Crippen LogP contribution in [0.15, 0.2) is 16.7 Å². The second kappa shape index (κ2) is 9.19. The maximum atomic E-state index is 5.69. The molecule has 0 saturated heterocycles. The Morgan fingerprint density at radius 3 is 2.60 bits per heavy atom. The molecule has 0 aliphatic carbocycles. The summed E-state index contributed by atoms with van der Waals surface area (Å²) in [6.07, 6.45) is 3.12. The van der Waals surface area contributed by atoms with Crippen LogP contribution in [0.5, 0.6) is 0 Å². The highest BCUT2D eigenvalue weighted by Gasteiger charge is 2.10. The normalized spacial score (nSPS) is 13.3. The van der Waals surface area contributed by atoms with Gasteiger partial charge in [0, 0.05) is 18.7 Å². The Balaban J connectivity index is 2.41. The Kier molecular flexibility index (Phi) is 7.93. The molecule has 0 fully saturated rings. The zero-order valence-corrected chi connectivity index (χ0v) is 13.9. The van der Waals surface area contributed by atoms with Crippen LogP contribution in [-0.2, 0) is 13.1 Å². The van der Waals surface area contributed by atoms with Crippen molar-refractivity contribution in [2.45, 2.75) is 54.1 Å². The summed E-state index contributed by atoms with van der Waals surface area (Å²) in [7, 11) is 0. The molecule has 1 aromatic heterocycles. The molecule has 0 aliphatic heterocycles. The van der Waals surface area contributed by atoms with Gasteiger partial charge in [-0.1, -0.05) is 41.0 Å². The minimum Gasteiger partial charge on any atom is -0.468 e. The van der Waals surface area contributed by atoms with Gasteiger partial charge in [-0.15, -0.1) is 0 Å². The van der Waals surface area contributed by atoms with Crippen LogP contribution < -0.4 is 5.32 Å². The molecule has 1 atom stereocenters. The van der Waals surface area contributed by atoms with Gasteiger partial charge >= 0.3 is 0 Å². The van der Waals surface area contributed by atoms with E-state index in [4.69, 9.17) is 4.42 Å². The molecule has 0 radical (unpaired) electrons. The van der Waals surface area contributed by atoms with E-state index in [1.807, 2.05) is 6.26 Å². The van der Waals surface area contributed by atoms with Crippen LogP contribution in [0.4, 0.5) is 0 Å². The zero-order chi connectivity index (χ0) is 15.0. The highest BCUT2D eigenvalue weighted by atomic mass is 16.3. The summed E-state index contributed by atoms with van der Waals surface area (Å²) in [4.78, 5) is 2.46. The van der Waals surface area contributed by atoms with Crippen LogP contribution in [0.25, 0.3) is 0 Å². The second-order valence-electron chi connectivity index (χ2n) is 6.29. The lowest BCUT2D eigenvalue weighted by molar-refractivity contribution is 0.221. The van der Waals surface area contributed by atoms with Gasteiger partial charge in [0.1, 0.15) is 5.76 Å². The van der Waals surface area contributed by atoms with Gasteiger partial charge in [-0.2, -0.15) is 0 Å². The van der Waals surface area contributed by atoms with Crippen LogP contribution in [-0.4, -0.2) is 24.5 Å². The van der Waals surface area contributed by atoms with Crippen LogP contribution in [0, 0.1) is 11.8 Å². The van der Waals surface area contributed by atoms with Crippen molar-refractivity contribution in [3.8, 4) is 0 Å². The van der Waals surface area contributed by atoms with Crippen molar-refractivity contribution in [2.75, 3.05) is 19.6 Å². The topological polar surface area (TPSA) is 28.4 Å². The largest absolute Gasteiger partial charge is 0.468 e. The fourth-order valence-corrected chi connectivity index (χ4v) is 2.20. The molecule has 1 aromatic rings. The Morgan fingerprint density at radius 2 is 2.00 bits per heavy atom. The van der Waals surface area contributed by atoms with Crippen LogP contribution in [0.3, 0.4) is 0 Å². The molecule has 1 rings (SSSR count). The molecule has 1 N–H and O–H groups in total. The quantitative estimate of drug-likeness (QED) is 0.705. The van der Waals surface area contributed by atoms with Gasteiger partial charge in [-0.25, -0.2) is 0 Å². The molecule has 0 bridgehead atoms. The third-order valence-electron chi connectivity index (χ3n) is 3.68. The molecule has 1 heterocycles. The van der Waals surface area contributed by atoms with Crippen molar-refractivity contribution >= 4 is 0 Å². The number of hydrogen-bond acceptors (Lipinski definition) is 3. The van der Waals surface area contributed by atoms with Gasteiger partial charge < -0.3 is 9.73 Å². The van der Waals surface area contributed by atoms with Gasteiger partial charge in [0.2, 0.25) is 0 Å². The molecule has 0 aliphatic rings. The van der Waals surface area contributed by atoms with E-state index < -0.39 is 0 Å². The molecule has 3 nitrogen and oxygen atoms in total. The summed E-state index contributed by atoms with van der Waals surface area (Å²) < 4.78 is 5.69. The molecule has 0 saturated carbocycles. The van der Waals surface area contributed by atoms with E-state index in [1.54, 1.807) is 0 Å². The molecule has 0 amide bonds. The minimum atomic E-state index is 0.687. The summed E-state index contributed by atoms with van der Waals surface area (Å²) in [6, 6.07) is 2.19. The lowest BCUT2D eigenvalue weighted by atomic mass is 10.1. The van der Waals surface area contributed by atoms with Crippen LogP contribution in [0.1, 0.15) is 52.4 Å². The predicted octanol–water partition coefficient (Wildman–Crippen LogP) is 3.89. The van der Waals surface area contributed by atoms with E-state index in [9.17, 15) is 0 Å². The number of hydrogen-bond donors (Lipinski definition) is 1. The second-order valence-corrected chi connectivity index (χ2v) is 6.29. The SMILES string of the molecule is CCC(C)CN(CC)Cc1cc(CNCC(C)C)co1. The first-order valence-corrected chi connectivity index (χ1v) is 8.04. The average molecular weight is 280 g/mol. The Hall–Kier alpha value is -0.800. The molecule has 3 heteroatoms. The first-order valence-electron chi connectivity index (χ1n) is 8.04. The molecule has 116 valence electrons. The highest BCUT2D eigenvalue weighted by Crippen LogP contribution is 2.13. The first kappa shape index (κ1) is 17.3. The van der Waals surface area contributed by atoms with E-state index in [2.05, 4.69) is 50.9 Å². The van der Waals surface area contributed by atoms with E-state index in [0.717, 1.165) is 44.4 Å². The summed E-state index contributed by atoms with van der Waals surface area (Å²) in [5.74, 6) is 2.51. The monoisotopic (exact) mass is 280 g/mol. The van der Waals surface area contributed by atoms with Crippen molar-refractivity contribution in [1.29, 1.82) is 0 Å². The van der Waals surface area contributed by atoms with Gasteiger partial charge in [0.25, 0.3) is 0 Å². The Bertz CT molecular complexity index is 360.